The van der Waals surface area contributed by atoms with Crippen LogP contribution in [0.3, 0.4) is 0 Å². The fraction of sp³-hybridized carbons (Fsp3) is 1.00. The number of rotatable bonds is 3. The van der Waals surface area contributed by atoms with E-state index in [0.29, 0.717) is 0 Å². The largest absolute Gasteiger partial charge is 0.415 e. The standard InChI is InChI=1S/C4H8F3O3P/c1-2-3(4(5,6)7)10-11(8)9/h3,11H,2H2,1H3,(H,8,9). The van der Waals surface area contributed by atoms with E-state index in [0.717, 1.165) is 0 Å². The summed E-state index contributed by atoms with van der Waals surface area (Å²) in [6.07, 6.45) is -7.04. The monoisotopic (exact) mass is 192 g/mol. The van der Waals surface area contributed by atoms with Crippen molar-refractivity contribution in [3.8, 4) is 0 Å². The molecule has 0 aromatic heterocycles. The predicted molar refractivity (Wildman–Crippen MR) is 32.4 cm³/mol. The van der Waals surface area contributed by atoms with Gasteiger partial charge in [0.1, 0.15) is 0 Å². The molecule has 0 aromatic rings. The van der Waals surface area contributed by atoms with Crippen molar-refractivity contribution >= 4 is 8.25 Å². The minimum absolute atomic E-state index is 0.361. The average Bonchev–Trinajstić information content (AvgIpc) is 1.79. The summed E-state index contributed by atoms with van der Waals surface area (Å²) >= 11 is 0. The Balaban J connectivity index is 4.07. The Morgan fingerprint density at radius 2 is 2.09 bits per heavy atom. The molecule has 2 unspecified atom stereocenters. The first-order valence-electron chi connectivity index (χ1n) is 2.84. The number of halogens is 3. The van der Waals surface area contributed by atoms with Gasteiger partial charge in [0, 0.05) is 0 Å². The van der Waals surface area contributed by atoms with Gasteiger partial charge in [0.25, 0.3) is 0 Å². The number of alkyl halides is 3. The van der Waals surface area contributed by atoms with Crippen molar-refractivity contribution in [2.75, 3.05) is 0 Å². The van der Waals surface area contributed by atoms with Gasteiger partial charge in [-0.05, 0) is 6.42 Å². The Labute approximate surface area is 62.1 Å². The molecular weight excluding hydrogens is 184 g/mol. The molecule has 0 heterocycles. The lowest BCUT2D eigenvalue weighted by molar-refractivity contribution is -0.195. The lowest BCUT2D eigenvalue weighted by Crippen LogP contribution is -2.28. The molecule has 68 valence electrons. The molecule has 0 fully saturated rings. The average molecular weight is 192 g/mol. The Morgan fingerprint density at radius 3 is 2.18 bits per heavy atom. The zero-order chi connectivity index (χ0) is 9.07. The fourth-order valence-corrected chi connectivity index (χ4v) is 1.05. The summed E-state index contributed by atoms with van der Waals surface area (Å²) in [6, 6.07) is 0. The van der Waals surface area contributed by atoms with E-state index in [4.69, 9.17) is 4.89 Å². The molecule has 0 spiro atoms. The highest BCUT2D eigenvalue weighted by molar-refractivity contribution is 7.32. The Bertz CT molecular complexity index is 146. The SMILES string of the molecule is CCC(O[PH](=O)O)C(F)(F)F. The molecule has 3 nitrogen and oxygen atoms in total. The topological polar surface area (TPSA) is 46.5 Å². The predicted octanol–water partition coefficient (Wildman–Crippen LogP) is 1.73. The minimum atomic E-state index is -4.56. The summed E-state index contributed by atoms with van der Waals surface area (Å²) < 4.78 is 48.8. The van der Waals surface area contributed by atoms with Crippen molar-refractivity contribution in [2.45, 2.75) is 25.6 Å². The van der Waals surface area contributed by atoms with Gasteiger partial charge in [0.05, 0.1) is 0 Å². The van der Waals surface area contributed by atoms with Gasteiger partial charge in [-0.25, -0.2) is 0 Å². The summed E-state index contributed by atoms with van der Waals surface area (Å²) in [6.45, 7) is 1.23. The van der Waals surface area contributed by atoms with E-state index in [9.17, 15) is 17.7 Å². The zero-order valence-corrected chi connectivity index (χ0v) is 6.68. The van der Waals surface area contributed by atoms with Crippen LogP contribution in [0.15, 0.2) is 0 Å². The van der Waals surface area contributed by atoms with Crippen LogP contribution in [0.5, 0.6) is 0 Å². The van der Waals surface area contributed by atoms with Crippen LogP contribution in [-0.2, 0) is 9.09 Å². The van der Waals surface area contributed by atoms with E-state index >= 15 is 0 Å². The minimum Gasteiger partial charge on any atom is -0.326 e. The highest BCUT2D eigenvalue weighted by atomic mass is 31.1. The van der Waals surface area contributed by atoms with E-state index in [2.05, 4.69) is 4.52 Å². The van der Waals surface area contributed by atoms with Crippen LogP contribution in [0.2, 0.25) is 0 Å². The van der Waals surface area contributed by atoms with Crippen molar-refractivity contribution in [1.29, 1.82) is 0 Å². The normalized spacial score (nSPS) is 17.9. The summed E-state index contributed by atoms with van der Waals surface area (Å²) in [5.41, 5.74) is 0. The number of hydrogen-bond donors (Lipinski definition) is 1. The van der Waals surface area contributed by atoms with Crippen LogP contribution in [0.4, 0.5) is 13.2 Å². The first kappa shape index (κ1) is 10.9. The third-order valence-electron chi connectivity index (χ3n) is 0.979. The highest BCUT2D eigenvalue weighted by Crippen LogP contribution is 2.31. The molecule has 0 aliphatic carbocycles. The molecule has 0 radical (unpaired) electrons. The second kappa shape index (κ2) is 4.09. The third kappa shape index (κ3) is 4.40. The van der Waals surface area contributed by atoms with Crippen LogP contribution in [0.25, 0.3) is 0 Å². The zero-order valence-electron chi connectivity index (χ0n) is 5.68. The first-order valence-corrected chi connectivity index (χ1v) is 4.10. The first-order chi connectivity index (χ1) is 4.88. The molecule has 0 saturated carbocycles. The second-order valence-electron chi connectivity index (χ2n) is 1.82. The van der Waals surface area contributed by atoms with Gasteiger partial charge < -0.3 is 4.89 Å². The molecule has 11 heavy (non-hydrogen) atoms. The summed E-state index contributed by atoms with van der Waals surface area (Å²) in [5.74, 6) is 0. The fourth-order valence-electron chi connectivity index (χ4n) is 0.503. The smallest absolute Gasteiger partial charge is 0.326 e. The van der Waals surface area contributed by atoms with E-state index < -0.39 is 20.5 Å². The lowest BCUT2D eigenvalue weighted by Gasteiger charge is -2.16. The summed E-state index contributed by atoms with van der Waals surface area (Å²) in [4.78, 5) is 8.04. The van der Waals surface area contributed by atoms with Gasteiger partial charge >= 0.3 is 14.4 Å². The number of hydrogen-bond acceptors (Lipinski definition) is 2. The molecular formula is C4H8F3O3P. The summed E-state index contributed by atoms with van der Waals surface area (Å²) in [5, 5.41) is 0. The quantitative estimate of drug-likeness (QED) is 0.692. The molecule has 0 saturated heterocycles. The Kier molecular flexibility index (Phi) is 4.07. The Morgan fingerprint density at radius 1 is 1.64 bits per heavy atom. The van der Waals surface area contributed by atoms with Crippen LogP contribution in [0.1, 0.15) is 13.3 Å². The van der Waals surface area contributed by atoms with Gasteiger partial charge in [0.15, 0.2) is 6.10 Å². The van der Waals surface area contributed by atoms with Gasteiger partial charge in [-0.1, -0.05) is 6.92 Å². The van der Waals surface area contributed by atoms with Gasteiger partial charge in [0.2, 0.25) is 0 Å². The molecule has 0 aliphatic heterocycles. The maximum atomic E-state index is 11.7. The van der Waals surface area contributed by atoms with E-state index in [1.54, 1.807) is 0 Å². The molecule has 1 N–H and O–H groups in total. The maximum Gasteiger partial charge on any atom is 0.415 e. The second-order valence-corrected chi connectivity index (χ2v) is 2.59. The van der Waals surface area contributed by atoms with Crippen molar-refractivity contribution in [3.63, 3.8) is 0 Å². The van der Waals surface area contributed by atoms with Crippen LogP contribution in [-0.4, -0.2) is 17.2 Å². The van der Waals surface area contributed by atoms with E-state index in [1.165, 1.54) is 6.92 Å². The molecule has 0 bridgehead atoms. The van der Waals surface area contributed by atoms with Gasteiger partial charge in [-0.2, -0.15) is 13.2 Å². The van der Waals surface area contributed by atoms with Crippen molar-refractivity contribution in [1.82, 2.24) is 0 Å². The van der Waals surface area contributed by atoms with Crippen molar-refractivity contribution in [2.24, 2.45) is 0 Å². The highest BCUT2D eigenvalue weighted by Gasteiger charge is 2.40. The van der Waals surface area contributed by atoms with Crippen LogP contribution in [0, 0.1) is 0 Å². The molecule has 0 aliphatic rings. The Hall–Kier alpha value is -0.0600. The van der Waals surface area contributed by atoms with E-state index in [1.807, 2.05) is 0 Å². The van der Waals surface area contributed by atoms with E-state index in [-0.39, 0.29) is 6.42 Å². The third-order valence-corrected chi connectivity index (χ3v) is 1.47. The molecule has 7 heteroatoms. The van der Waals surface area contributed by atoms with Crippen LogP contribution < -0.4 is 0 Å². The van der Waals surface area contributed by atoms with Gasteiger partial charge in [-0.15, -0.1) is 0 Å². The summed E-state index contributed by atoms with van der Waals surface area (Å²) in [7, 11) is -3.50. The van der Waals surface area contributed by atoms with Gasteiger partial charge in [-0.3, -0.25) is 9.09 Å². The van der Waals surface area contributed by atoms with Crippen LogP contribution >= 0.6 is 8.25 Å². The molecule has 0 aromatic carbocycles. The molecule has 2 atom stereocenters. The van der Waals surface area contributed by atoms with Crippen molar-refractivity contribution in [3.05, 3.63) is 0 Å². The maximum absolute atomic E-state index is 11.7. The molecule has 0 rings (SSSR count). The molecule has 0 amide bonds. The lowest BCUT2D eigenvalue weighted by atomic mass is 10.3. The van der Waals surface area contributed by atoms with Crippen molar-refractivity contribution < 1.29 is 27.2 Å².